The average molecular weight is 467 g/mol. The van der Waals surface area contributed by atoms with Gasteiger partial charge in [-0.1, -0.05) is 31.6 Å². The lowest BCUT2D eigenvalue weighted by atomic mass is 9.46. The zero-order valence-electron chi connectivity index (χ0n) is 20.7. The minimum atomic E-state index is -1.08. The fourth-order valence-corrected chi connectivity index (χ4v) is 9.04. The van der Waals surface area contributed by atoms with Crippen LogP contribution < -0.4 is 0 Å². The maximum atomic E-state index is 13.6. The van der Waals surface area contributed by atoms with E-state index in [0.717, 1.165) is 44.1 Å². The summed E-state index contributed by atoms with van der Waals surface area (Å²) in [5, 5.41) is 0. The molecule has 4 aliphatic carbocycles. The molecular formula is C29H35FO4. The zero-order valence-corrected chi connectivity index (χ0v) is 20.7. The van der Waals surface area contributed by atoms with Crippen LogP contribution in [0.25, 0.3) is 0 Å². The quantitative estimate of drug-likeness (QED) is 0.546. The minimum absolute atomic E-state index is 0.0395. The molecule has 6 rings (SSSR count). The Morgan fingerprint density at radius 1 is 1.03 bits per heavy atom. The van der Waals surface area contributed by atoms with Crippen molar-refractivity contribution in [3.8, 4) is 0 Å². The van der Waals surface area contributed by atoms with Gasteiger partial charge in [0.1, 0.15) is 5.82 Å². The summed E-state index contributed by atoms with van der Waals surface area (Å²) in [5.41, 5.74) is 0.869. The van der Waals surface area contributed by atoms with Gasteiger partial charge in [-0.05, 0) is 93.7 Å². The van der Waals surface area contributed by atoms with Crippen LogP contribution in [0.2, 0.25) is 0 Å². The van der Waals surface area contributed by atoms with Gasteiger partial charge < -0.3 is 9.47 Å². The van der Waals surface area contributed by atoms with Gasteiger partial charge in [0.15, 0.2) is 23.0 Å². The molecule has 3 saturated carbocycles. The monoisotopic (exact) mass is 466 g/mol. The first-order valence-electron chi connectivity index (χ1n) is 12.9. The van der Waals surface area contributed by atoms with Gasteiger partial charge >= 0.3 is 0 Å². The summed E-state index contributed by atoms with van der Waals surface area (Å²) in [4.78, 5) is 25.6. The second kappa shape index (κ2) is 7.10. The highest BCUT2D eigenvalue weighted by molar-refractivity contribution is 5.91. The smallest absolute Gasteiger partial charge is 0.193 e. The van der Waals surface area contributed by atoms with Crippen molar-refractivity contribution in [1.29, 1.82) is 0 Å². The van der Waals surface area contributed by atoms with Gasteiger partial charge in [-0.15, -0.1) is 0 Å². The van der Waals surface area contributed by atoms with E-state index in [-0.39, 0.29) is 34.3 Å². The zero-order chi connectivity index (χ0) is 24.1. The van der Waals surface area contributed by atoms with E-state index in [1.54, 1.807) is 19.1 Å². The molecule has 1 aliphatic heterocycles. The number of hydrogen-bond acceptors (Lipinski definition) is 4. The first-order chi connectivity index (χ1) is 16.0. The Bertz CT molecular complexity index is 1090. The first kappa shape index (κ1) is 22.6. The van der Waals surface area contributed by atoms with E-state index in [4.69, 9.17) is 9.47 Å². The summed E-state index contributed by atoms with van der Waals surface area (Å²) in [6, 6.07) is 6.23. The van der Waals surface area contributed by atoms with Crippen molar-refractivity contribution in [2.24, 2.45) is 28.6 Å². The summed E-state index contributed by atoms with van der Waals surface area (Å²) in [6.07, 6.45) is 8.01. The van der Waals surface area contributed by atoms with Crippen molar-refractivity contribution in [2.45, 2.75) is 90.1 Å². The second-order valence-electron chi connectivity index (χ2n) is 12.1. The molecule has 0 bridgehead atoms. The van der Waals surface area contributed by atoms with Crippen molar-refractivity contribution in [3.05, 3.63) is 47.3 Å². The van der Waals surface area contributed by atoms with Crippen LogP contribution in [-0.4, -0.2) is 23.3 Å². The lowest BCUT2D eigenvalue weighted by Gasteiger charge is -2.59. The van der Waals surface area contributed by atoms with Crippen LogP contribution >= 0.6 is 0 Å². The minimum Gasteiger partial charge on any atom is -0.339 e. The molecule has 4 nitrogen and oxygen atoms in total. The van der Waals surface area contributed by atoms with E-state index in [1.165, 1.54) is 17.7 Å². The predicted octanol–water partition coefficient (Wildman–Crippen LogP) is 5.88. The number of ether oxygens (including phenoxy) is 2. The van der Waals surface area contributed by atoms with E-state index in [2.05, 4.69) is 13.8 Å². The van der Waals surface area contributed by atoms with Crippen LogP contribution in [0.5, 0.6) is 0 Å². The van der Waals surface area contributed by atoms with Crippen LogP contribution in [0, 0.1) is 34.4 Å². The summed E-state index contributed by atoms with van der Waals surface area (Å²) in [6.45, 7) is 8.15. The Hall–Kier alpha value is -1.85. The van der Waals surface area contributed by atoms with E-state index in [9.17, 15) is 14.0 Å². The van der Waals surface area contributed by atoms with Crippen molar-refractivity contribution < 1.29 is 23.5 Å². The molecule has 4 fully saturated rings. The van der Waals surface area contributed by atoms with Gasteiger partial charge in [0.25, 0.3) is 0 Å². The normalized spacial score (nSPS) is 47.3. The number of fused-ring (bicyclic) bond motifs is 7. The Morgan fingerprint density at radius 3 is 2.47 bits per heavy atom. The fourth-order valence-electron chi connectivity index (χ4n) is 9.04. The van der Waals surface area contributed by atoms with Crippen molar-refractivity contribution >= 4 is 11.6 Å². The van der Waals surface area contributed by atoms with Crippen LogP contribution in [0.4, 0.5) is 4.39 Å². The number of allylic oxidation sites excluding steroid dienone is 1. The highest BCUT2D eigenvalue weighted by Gasteiger charge is 2.75. The number of benzene rings is 1. The van der Waals surface area contributed by atoms with Crippen LogP contribution in [0.3, 0.4) is 0 Å². The Kier molecular flexibility index (Phi) is 4.72. The van der Waals surface area contributed by atoms with E-state index in [0.29, 0.717) is 24.2 Å². The van der Waals surface area contributed by atoms with Crippen LogP contribution in [0.15, 0.2) is 35.9 Å². The van der Waals surface area contributed by atoms with Gasteiger partial charge in [0.2, 0.25) is 0 Å². The molecular weight excluding hydrogens is 431 g/mol. The molecule has 34 heavy (non-hydrogen) atoms. The van der Waals surface area contributed by atoms with Crippen LogP contribution in [-0.2, 0) is 24.8 Å². The van der Waals surface area contributed by atoms with Crippen molar-refractivity contribution in [3.63, 3.8) is 0 Å². The largest absolute Gasteiger partial charge is 0.339 e. The molecule has 1 aromatic rings. The molecule has 182 valence electrons. The van der Waals surface area contributed by atoms with Crippen LogP contribution in [0.1, 0.15) is 78.2 Å². The fraction of sp³-hybridized carbons (Fsp3) is 0.655. The molecule has 0 spiro atoms. The maximum absolute atomic E-state index is 13.6. The number of ketones is 2. The lowest BCUT2D eigenvalue weighted by Crippen LogP contribution is -2.59. The third kappa shape index (κ3) is 2.71. The Balaban J connectivity index is 1.37. The second-order valence-corrected chi connectivity index (χ2v) is 12.1. The maximum Gasteiger partial charge on any atom is 0.193 e. The lowest BCUT2D eigenvalue weighted by molar-refractivity contribution is -0.227. The predicted molar refractivity (Wildman–Crippen MR) is 125 cm³/mol. The van der Waals surface area contributed by atoms with Gasteiger partial charge in [-0.2, -0.15) is 0 Å². The topological polar surface area (TPSA) is 52.6 Å². The van der Waals surface area contributed by atoms with Gasteiger partial charge in [0.05, 0.1) is 6.10 Å². The summed E-state index contributed by atoms with van der Waals surface area (Å²) < 4.78 is 27.0. The number of carbonyl (C=O) groups excluding carboxylic acids is 2. The summed E-state index contributed by atoms with van der Waals surface area (Å²) >= 11 is 0. The first-order valence-corrected chi connectivity index (χ1v) is 12.9. The van der Waals surface area contributed by atoms with Crippen molar-refractivity contribution in [2.75, 3.05) is 0 Å². The molecule has 0 N–H and O–H groups in total. The number of carbonyl (C=O) groups is 2. The van der Waals surface area contributed by atoms with E-state index >= 15 is 0 Å². The molecule has 5 heteroatoms. The highest BCUT2D eigenvalue weighted by atomic mass is 19.1. The Morgan fingerprint density at radius 2 is 1.76 bits per heavy atom. The number of rotatable bonds is 2. The molecule has 1 heterocycles. The summed E-state index contributed by atoms with van der Waals surface area (Å²) in [5.74, 6) is 0.310. The molecule has 0 radical (unpaired) electrons. The van der Waals surface area contributed by atoms with Gasteiger partial charge in [-0.3, -0.25) is 9.59 Å². The van der Waals surface area contributed by atoms with E-state index < -0.39 is 11.4 Å². The van der Waals surface area contributed by atoms with Gasteiger partial charge in [0, 0.05) is 17.4 Å². The standard InChI is InChI=1S/C29H35FO4/c1-17(31)29-25(33-28(4,34-29)18-5-8-20(30)9-6-18)16-24-22-10-7-19-15-21(32)11-13-26(19,2)23(22)12-14-27(24,29)3/h5-6,8-9,15,22-25H,7,10-14,16H2,1-4H3. The summed E-state index contributed by atoms with van der Waals surface area (Å²) in [7, 11) is 0. The third-order valence-electron chi connectivity index (χ3n) is 10.7. The SMILES string of the molecule is CC(=O)C12OC(C)(c3ccc(F)cc3)OC1CC1C3CCC4=CC(=O)CCC4(C)C3CCC12C. The number of hydrogen-bond donors (Lipinski definition) is 0. The average Bonchev–Trinajstić information content (AvgIpc) is 3.23. The van der Waals surface area contributed by atoms with Crippen molar-refractivity contribution in [1.82, 2.24) is 0 Å². The molecule has 0 aromatic heterocycles. The highest BCUT2D eigenvalue weighted by Crippen LogP contribution is 2.71. The van der Waals surface area contributed by atoms with Gasteiger partial charge in [-0.25, -0.2) is 4.39 Å². The molecule has 8 unspecified atom stereocenters. The third-order valence-corrected chi connectivity index (χ3v) is 10.7. The molecule has 8 atom stereocenters. The molecule has 0 amide bonds. The number of Topliss-reactive ketones (excluding diaryl/α,β-unsaturated/α-hetero) is 1. The Labute approximate surface area is 201 Å². The molecule has 1 aromatic carbocycles. The number of halogens is 1. The molecule has 1 saturated heterocycles. The molecule has 5 aliphatic rings. The van der Waals surface area contributed by atoms with E-state index in [1.807, 2.05) is 13.0 Å².